The molecule has 0 spiro atoms. The highest BCUT2D eigenvalue weighted by molar-refractivity contribution is 5.94. The predicted molar refractivity (Wildman–Crippen MR) is 105 cm³/mol. The summed E-state index contributed by atoms with van der Waals surface area (Å²) in [4.78, 5) is 14.8. The summed E-state index contributed by atoms with van der Waals surface area (Å²) in [6.45, 7) is 1.86. The number of rotatable bonds is 4. The standard InChI is InChI=1S/C21H23FN2O2.ClH/c22-17-5-2-6-18(10-17)26-13-14-3-1-4-15(9-14)21(25)24-11-16-7-8-20(23)19(16)12-24;/h1-6,9-10,16,19-20H,7-8,11-13,23H2;1H. The maximum atomic E-state index is 13.2. The second kappa shape index (κ2) is 8.28. The van der Waals surface area contributed by atoms with Gasteiger partial charge in [0.1, 0.15) is 18.2 Å². The van der Waals surface area contributed by atoms with Gasteiger partial charge in [-0.2, -0.15) is 0 Å². The number of fused-ring (bicyclic) bond motifs is 1. The molecule has 144 valence electrons. The summed E-state index contributed by atoms with van der Waals surface area (Å²) in [6, 6.07) is 13.7. The van der Waals surface area contributed by atoms with Crippen molar-refractivity contribution in [3.05, 3.63) is 65.5 Å². The van der Waals surface area contributed by atoms with Crippen LogP contribution in [0.3, 0.4) is 0 Å². The van der Waals surface area contributed by atoms with Gasteiger partial charge in [0.25, 0.3) is 5.91 Å². The summed E-state index contributed by atoms with van der Waals surface area (Å²) in [6.07, 6.45) is 2.20. The van der Waals surface area contributed by atoms with Crippen LogP contribution in [-0.2, 0) is 6.61 Å². The normalized spacial score (nSPS) is 23.6. The van der Waals surface area contributed by atoms with Crippen LogP contribution in [0, 0.1) is 17.7 Å². The highest BCUT2D eigenvalue weighted by Gasteiger charge is 2.42. The number of carbonyl (C=O) groups excluding carboxylic acids is 1. The van der Waals surface area contributed by atoms with Crippen molar-refractivity contribution in [2.75, 3.05) is 13.1 Å². The van der Waals surface area contributed by atoms with Crippen LogP contribution >= 0.6 is 12.4 Å². The highest BCUT2D eigenvalue weighted by atomic mass is 35.5. The van der Waals surface area contributed by atoms with Crippen LogP contribution in [0.5, 0.6) is 5.75 Å². The number of ether oxygens (including phenoxy) is 1. The fourth-order valence-corrected chi connectivity index (χ4v) is 4.17. The lowest BCUT2D eigenvalue weighted by atomic mass is 9.98. The molecule has 1 amide bonds. The fraction of sp³-hybridized carbons (Fsp3) is 0.381. The molecule has 4 nitrogen and oxygen atoms in total. The summed E-state index contributed by atoms with van der Waals surface area (Å²) in [5.41, 5.74) is 7.72. The molecule has 3 atom stereocenters. The molecule has 27 heavy (non-hydrogen) atoms. The van der Waals surface area contributed by atoms with Gasteiger partial charge in [0.2, 0.25) is 0 Å². The SMILES string of the molecule is Cl.NC1CCC2CN(C(=O)c3cccc(COc4cccc(F)c4)c3)CC12. The van der Waals surface area contributed by atoms with Gasteiger partial charge in [0.15, 0.2) is 0 Å². The van der Waals surface area contributed by atoms with Crippen molar-refractivity contribution >= 4 is 18.3 Å². The lowest BCUT2D eigenvalue weighted by Gasteiger charge is -2.19. The Hall–Kier alpha value is -2.11. The van der Waals surface area contributed by atoms with E-state index in [1.807, 2.05) is 29.2 Å². The molecule has 2 aromatic rings. The van der Waals surface area contributed by atoms with E-state index in [1.165, 1.54) is 12.1 Å². The Morgan fingerprint density at radius 3 is 2.74 bits per heavy atom. The zero-order valence-corrected chi connectivity index (χ0v) is 15.8. The third-order valence-corrected chi connectivity index (χ3v) is 5.58. The minimum absolute atomic E-state index is 0. The molecule has 6 heteroatoms. The van der Waals surface area contributed by atoms with E-state index >= 15 is 0 Å². The summed E-state index contributed by atoms with van der Waals surface area (Å²) >= 11 is 0. The molecule has 2 aromatic carbocycles. The van der Waals surface area contributed by atoms with Crippen LogP contribution in [-0.4, -0.2) is 29.9 Å². The van der Waals surface area contributed by atoms with E-state index in [2.05, 4.69) is 0 Å². The first kappa shape index (κ1) is 19.6. The van der Waals surface area contributed by atoms with E-state index < -0.39 is 0 Å². The van der Waals surface area contributed by atoms with Gasteiger partial charge in [-0.15, -0.1) is 12.4 Å². The summed E-state index contributed by atoms with van der Waals surface area (Å²) < 4.78 is 18.8. The van der Waals surface area contributed by atoms with Gasteiger partial charge in [-0.05, 0) is 54.5 Å². The number of likely N-dealkylation sites (tertiary alicyclic amines) is 1. The Bertz CT molecular complexity index is 816. The molecule has 1 saturated carbocycles. The van der Waals surface area contributed by atoms with Crippen LogP contribution in [0.1, 0.15) is 28.8 Å². The molecule has 2 N–H and O–H groups in total. The Morgan fingerprint density at radius 2 is 1.96 bits per heavy atom. The van der Waals surface area contributed by atoms with Crippen molar-refractivity contribution < 1.29 is 13.9 Å². The van der Waals surface area contributed by atoms with E-state index in [-0.39, 0.29) is 30.2 Å². The van der Waals surface area contributed by atoms with Crippen LogP contribution in [0.4, 0.5) is 4.39 Å². The van der Waals surface area contributed by atoms with Gasteiger partial charge < -0.3 is 15.4 Å². The van der Waals surface area contributed by atoms with E-state index in [0.29, 0.717) is 29.8 Å². The van der Waals surface area contributed by atoms with Gasteiger partial charge >= 0.3 is 0 Å². The number of nitrogens with two attached hydrogens (primary N) is 1. The average molecular weight is 391 g/mol. The lowest BCUT2D eigenvalue weighted by Crippen LogP contribution is -2.33. The molecule has 1 aliphatic carbocycles. The topological polar surface area (TPSA) is 55.6 Å². The third-order valence-electron chi connectivity index (χ3n) is 5.58. The molecule has 1 heterocycles. The summed E-state index contributed by atoms with van der Waals surface area (Å²) in [7, 11) is 0. The molecule has 1 saturated heterocycles. The number of hydrogen-bond acceptors (Lipinski definition) is 3. The van der Waals surface area contributed by atoms with Crippen LogP contribution in [0.25, 0.3) is 0 Å². The number of carbonyl (C=O) groups is 1. The molecule has 1 aliphatic heterocycles. The van der Waals surface area contributed by atoms with Gasteiger partial charge in [-0.25, -0.2) is 4.39 Å². The number of nitrogens with zero attached hydrogens (tertiary/aromatic N) is 1. The van der Waals surface area contributed by atoms with Crippen molar-refractivity contribution in [3.63, 3.8) is 0 Å². The predicted octanol–water partition coefficient (Wildman–Crippen LogP) is 3.64. The van der Waals surface area contributed by atoms with Crippen LogP contribution < -0.4 is 10.5 Å². The van der Waals surface area contributed by atoms with Crippen molar-refractivity contribution in [2.24, 2.45) is 17.6 Å². The first-order chi connectivity index (χ1) is 12.6. The Balaban J connectivity index is 0.00000210. The zero-order chi connectivity index (χ0) is 18.1. The number of halogens is 2. The number of hydrogen-bond donors (Lipinski definition) is 1. The molecule has 0 aromatic heterocycles. The van der Waals surface area contributed by atoms with Crippen molar-refractivity contribution in [1.82, 2.24) is 4.90 Å². The first-order valence-electron chi connectivity index (χ1n) is 9.12. The monoisotopic (exact) mass is 390 g/mol. The van der Waals surface area contributed by atoms with Crippen molar-refractivity contribution in [3.8, 4) is 5.75 Å². The highest BCUT2D eigenvalue weighted by Crippen LogP contribution is 2.37. The third kappa shape index (κ3) is 4.25. The minimum Gasteiger partial charge on any atom is -0.489 e. The van der Waals surface area contributed by atoms with E-state index in [9.17, 15) is 9.18 Å². The Kier molecular flexibility index (Phi) is 6.02. The molecule has 0 bridgehead atoms. The van der Waals surface area contributed by atoms with Gasteiger partial charge in [-0.3, -0.25) is 4.79 Å². The second-order valence-electron chi connectivity index (χ2n) is 7.32. The smallest absolute Gasteiger partial charge is 0.253 e. The molecular weight excluding hydrogens is 367 g/mol. The zero-order valence-electron chi connectivity index (χ0n) is 15.0. The van der Waals surface area contributed by atoms with Crippen LogP contribution in [0.2, 0.25) is 0 Å². The van der Waals surface area contributed by atoms with E-state index in [1.54, 1.807) is 12.1 Å². The minimum atomic E-state index is -0.329. The molecule has 4 rings (SSSR count). The Morgan fingerprint density at radius 1 is 1.15 bits per heavy atom. The number of benzene rings is 2. The van der Waals surface area contributed by atoms with E-state index in [4.69, 9.17) is 10.5 Å². The summed E-state index contributed by atoms with van der Waals surface area (Å²) in [5.74, 6) is 1.19. The maximum absolute atomic E-state index is 13.2. The largest absolute Gasteiger partial charge is 0.489 e. The second-order valence-corrected chi connectivity index (χ2v) is 7.32. The van der Waals surface area contributed by atoms with Crippen molar-refractivity contribution in [2.45, 2.75) is 25.5 Å². The van der Waals surface area contributed by atoms with Crippen molar-refractivity contribution in [1.29, 1.82) is 0 Å². The fourth-order valence-electron chi connectivity index (χ4n) is 4.17. The lowest BCUT2D eigenvalue weighted by molar-refractivity contribution is 0.0779. The van der Waals surface area contributed by atoms with E-state index in [0.717, 1.165) is 31.5 Å². The molecule has 2 fully saturated rings. The molecule has 3 unspecified atom stereocenters. The summed E-state index contributed by atoms with van der Waals surface area (Å²) in [5, 5.41) is 0. The van der Waals surface area contributed by atoms with Crippen LogP contribution in [0.15, 0.2) is 48.5 Å². The molecule has 2 aliphatic rings. The molecule has 0 radical (unpaired) electrons. The van der Waals surface area contributed by atoms with Gasteiger partial charge in [0.05, 0.1) is 0 Å². The average Bonchev–Trinajstić information content (AvgIpc) is 3.22. The quantitative estimate of drug-likeness (QED) is 0.867. The first-order valence-corrected chi connectivity index (χ1v) is 9.12. The Labute approximate surface area is 164 Å². The maximum Gasteiger partial charge on any atom is 0.253 e. The van der Waals surface area contributed by atoms with Gasteiger partial charge in [-0.1, -0.05) is 18.2 Å². The van der Waals surface area contributed by atoms with Gasteiger partial charge in [0, 0.05) is 30.8 Å². The molecular formula is C21H24ClFN2O2. The number of amides is 1.